The van der Waals surface area contributed by atoms with E-state index in [1.165, 1.54) is 19.4 Å². The summed E-state index contributed by atoms with van der Waals surface area (Å²) in [6, 6.07) is 8.10. The molecular formula is C20H35IN4O2. The lowest BCUT2D eigenvalue weighted by Gasteiger charge is -2.30. The maximum Gasteiger partial charge on any atom is 0.193 e. The summed E-state index contributed by atoms with van der Waals surface area (Å²) in [5.41, 5.74) is 0.819. The number of ether oxygens (including phenoxy) is 1. The number of likely N-dealkylation sites (N-methyl/N-ethyl adjacent to an activating group) is 2. The van der Waals surface area contributed by atoms with E-state index >= 15 is 0 Å². The Balaban J connectivity index is 0.00000364. The second-order valence-electron chi connectivity index (χ2n) is 6.79. The highest BCUT2D eigenvalue weighted by atomic mass is 127. The van der Waals surface area contributed by atoms with E-state index in [0.29, 0.717) is 12.6 Å². The lowest BCUT2D eigenvalue weighted by Crippen LogP contribution is -2.46. The monoisotopic (exact) mass is 490 g/mol. The fourth-order valence-electron chi connectivity index (χ4n) is 3.52. The Labute approximate surface area is 181 Å². The molecule has 1 aliphatic rings. The number of aliphatic hydroxyl groups is 1. The van der Waals surface area contributed by atoms with Gasteiger partial charge < -0.3 is 20.1 Å². The number of rotatable bonds is 8. The van der Waals surface area contributed by atoms with Crippen LogP contribution in [0.15, 0.2) is 29.3 Å². The highest BCUT2D eigenvalue weighted by Gasteiger charge is 2.25. The van der Waals surface area contributed by atoms with Gasteiger partial charge in [0.2, 0.25) is 0 Å². The van der Waals surface area contributed by atoms with Crippen molar-refractivity contribution < 1.29 is 9.84 Å². The van der Waals surface area contributed by atoms with Gasteiger partial charge in [0.25, 0.3) is 0 Å². The van der Waals surface area contributed by atoms with Gasteiger partial charge in [0.05, 0.1) is 19.8 Å². The summed E-state index contributed by atoms with van der Waals surface area (Å²) < 4.78 is 5.23. The summed E-state index contributed by atoms with van der Waals surface area (Å²) in [6.45, 7) is 8.66. The van der Waals surface area contributed by atoms with Crippen LogP contribution in [0.25, 0.3) is 0 Å². The molecule has 1 aliphatic heterocycles. The summed E-state index contributed by atoms with van der Waals surface area (Å²) in [5, 5.41) is 13.8. The number of methoxy groups -OCH3 is 1. The molecule has 1 heterocycles. The normalized spacial score (nSPS) is 18.7. The van der Waals surface area contributed by atoms with E-state index in [-0.39, 0.29) is 24.0 Å². The molecule has 0 radical (unpaired) electrons. The van der Waals surface area contributed by atoms with Crippen molar-refractivity contribution in [2.24, 2.45) is 4.99 Å². The summed E-state index contributed by atoms with van der Waals surface area (Å²) >= 11 is 0. The van der Waals surface area contributed by atoms with Crippen molar-refractivity contribution in [2.45, 2.75) is 38.8 Å². The predicted octanol–water partition coefficient (Wildman–Crippen LogP) is 2.73. The molecule has 1 fully saturated rings. The topological polar surface area (TPSA) is 60.3 Å². The zero-order chi connectivity index (χ0) is 18.9. The molecule has 1 saturated heterocycles. The van der Waals surface area contributed by atoms with Gasteiger partial charge in [0, 0.05) is 26.2 Å². The van der Waals surface area contributed by atoms with E-state index in [2.05, 4.69) is 41.0 Å². The first-order chi connectivity index (χ1) is 12.6. The number of aliphatic imine (C=N–C) groups is 1. The molecule has 0 saturated carbocycles. The molecule has 2 rings (SSSR count). The maximum atomic E-state index is 10.5. The number of benzene rings is 1. The van der Waals surface area contributed by atoms with Crippen molar-refractivity contribution in [2.75, 3.05) is 46.9 Å². The predicted molar refractivity (Wildman–Crippen MR) is 122 cm³/mol. The standard InChI is InChI=1S/C20H34N4O2.HI/c1-5-21-20(23(3)15-17-10-8-12-24(17)6-2)22-14-19(25)16-9-7-11-18(13-16)26-4;/h7,9,11,13,17,19,25H,5-6,8,10,12,14-15H2,1-4H3,(H,21,22);1H. The molecule has 7 heteroatoms. The van der Waals surface area contributed by atoms with Crippen LogP contribution in [0.5, 0.6) is 5.75 Å². The van der Waals surface area contributed by atoms with Gasteiger partial charge in [-0.2, -0.15) is 0 Å². The van der Waals surface area contributed by atoms with E-state index in [1.54, 1.807) is 7.11 Å². The minimum absolute atomic E-state index is 0. The molecular weight excluding hydrogens is 455 g/mol. The van der Waals surface area contributed by atoms with Crippen LogP contribution in [0.4, 0.5) is 0 Å². The first-order valence-corrected chi connectivity index (χ1v) is 9.64. The van der Waals surface area contributed by atoms with Gasteiger partial charge in [-0.15, -0.1) is 24.0 Å². The van der Waals surface area contributed by atoms with Crippen LogP contribution < -0.4 is 10.1 Å². The molecule has 2 N–H and O–H groups in total. The SMILES string of the molecule is CCNC(=NCC(O)c1cccc(OC)c1)N(C)CC1CCCN1CC.I. The zero-order valence-electron chi connectivity index (χ0n) is 17.0. The Hall–Kier alpha value is -1.06. The number of hydrogen-bond donors (Lipinski definition) is 2. The van der Waals surface area contributed by atoms with Crippen molar-refractivity contribution in [1.29, 1.82) is 0 Å². The molecule has 154 valence electrons. The Kier molecular flexibility index (Phi) is 11.0. The minimum Gasteiger partial charge on any atom is -0.497 e. The molecule has 0 amide bonds. The molecule has 0 bridgehead atoms. The Morgan fingerprint density at radius 1 is 1.44 bits per heavy atom. The third kappa shape index (κ3) is 7.12. The number of nitrogens with zero attached hydrogens (tertiary/aromatic N) is 3. The van der Waals surface area contributed by atoms with E-state index in [0.717, 1.165) is 36.9 Å². The van der Waals surface area contributed by atoms with Crippen LogP contribution in [0.3, 0.4) is 0 Å². The molecule has 2 atom stereocenters. The first-order valence-electron chi connectivity index (χ1n) is 9.64. The van der Waals surface area contributed by atoms with E-state index in [4.69, 9.17) is 4.74 Å². The van der Waals surface area contributed by atoms with Crippen molar-refractivity contribution >= 4 is 29.9 Å². The van der Waals surface area contributed by atoms with Gasteiger partial charge in [-0.1, -0.05) is 19.1 Å². The van der Waals surface area contributed by atoms with Crippen molar-refractivity contribution in [3.05, 3.63) is 29.8 Å². The second-order valence-corrected chi connectivity index (χ2v) is 6.79. The van der Waals surface area contributed by atoms with E-state index < -0.39 is 6.10 Å². The third-order valence-electron chi connectivity index (χ3n) is 4.98. The molecule has 1 aromatic carbocycles. The fraction of sp³-hybridized carbons (Fsp3) is 0.650. The van der Waals surface area contributed by atoms with Crippen LogP contribution in [0, 0.1) is 0 Å². The highest BCUT2D eigenvalue weighted by molar-refractivity contribution is 14.0. The molecule has 0 aromatic heterocycles. The first kappa shape index (κ1) is 24.0. The molecule has 2 unspecified atom stereocenters. The van der Waals surface area contributed by atoms with Crippen LogP contribution in [0.1, 0.15) is 38.4 Å². The zero-order valence-corrected chi connectivity index (χ0v) is 19.3. The quantitative estimate of drug-likeness (QED) is 0.334. The van der Waals surface area contributed by atoms with Gasteiger partial charge in [0.1, 0.15) is 5.75 Å². The number of likely N-dealkylation sites (tertiary alicyclic amines) is 1. The van der Waals surface area contributed by atoms with E-state index in [1.807, 2.05) is 24.3 Å². The smallest absolute Gasteiger partial charge is 0.193 e. The van der Waals surface area contributed by atoms with Gasteiger partial charge in [-0.25, -0.2) is 0 Å². The Morgan fingerprint density at radius 2 is 2.22 bits per heavy atom. The minimum atomic E-state index is -0.647. The van der Waals surface area contributed by atoms with Crippen LogP contribution in [-0.4, -0.2) is 73.8 Å². The van der Waals surface area contributed by atoms with Crippen molar-refractivity contribution in [3.63, 3.8) is 0 Å². The summed E-state index contributed by atoms with van der Waals surface area (Å²) in [6.07, 6.45) is 1.87. The van der Waals surface area contributed by atoms with Crippen molar-refractivity contribution in [1.82, 2.24) is 15.1 Å². The third-order valence-corrected chi connectivity index (χ3v) is 4.98. The number of nitrogens with one attached hydrogen (secondary N) is 1. The molecule has 6 nitrogen and oxygen atoms in total. The largest absolute Gasteiger partial charge is 0.497 e. The average molecular weight is 490 g/mol. The Bertz CT molecular complexity index is 585. The highest BCUT2D eigenvalue weighted by Crippen LogP contribution is 2.20. The molecule has 0 aliphatic carbocycles. The van der Waals surface area contributed by atoms with Crippen LogP contribution in [0.2, 0.25) is 0 Å². The Morgan fingerprint density at radius 3 is 2.89 bits per heavy atom. The molecule has 0 spiro atoms. The van der Waals surface area contributed by atoms with Gasteiger partial charge >= 0.3 is 0 Å². The van der Waals surface area contributed by atoms with Gasteiger partial charge in [-0.3, -0.25) is 9.89 Å². The van der Waals surface area contributed by atoms with Gasteiger partial charge in [0.15, 0.2) is 5.96 Å². The van der Waals surface area contributed by atoms with Crippen molar-refractivity contribution in [3.8, 4) is 5.75 Å². The summed E-state index contributed by atoms with van der Waals surface area (Å²) in [7, 11) is 3.70. The number of hydrogen-bond acceptors (Lipinski definition) is 4. The average Bonchev–Trinajstić information content (AvgIpc) is 3.11. The lowest BCUT2D eigenvalue weighted by atomic mass is 10.1. The van der Waals surface area contributed by atoms with Gasteiger partial charge in [-0.05, 0) is 50.6 Å². The second kappa shape index (κ2) is 12.4. The maximum absolute atomic E-state index is 10.5. The number of guanidine groups is 1. The number of halogens is 1. The summed E-state index contributed by atoms with van der Waals surface area (Å²) in [5.74, 6) is 1.59. The van der Waals surface area contributed by atoms with Crippen LogP contribution in [-0.2, 0) is 0 Å². The fourth-order valence-corrected chi connectivity index (χ4v) is 3.52. The van der Waals surface area contributed by atoms with E-state index in [9.17, 15) is 5.11 Å². The van der Waals surface area contributed by atoms with Crippen LogP contribution >= 0.6 is 24.0 Å². The lowest BCUT2D eigenvalue weighted by molar-refractivity contribution is 0.185. The number of aliphatic hydroxyl groups excluding tert-OH is 1. The molecule has 1 aromatic rings. The molecule has 27 heavy (non-hydrogen) atoms. The summed E-state index contributed by atoms with van der Waals surface area (Å²) in [4.78, 5) is 9.37.